The number of hydrogen-bond donors (Lipinski definition) is 0. The number of hydrogen-bond acceptors (Lipinski definition) is 1. The number of likely N-dealkylation sites (tertiary alicyclic amines) is 1. The molecule has 1 aromatic rings. The Hall–Kier alpha value is -0.820. The number of piperidine rings is 1. The van der Waals surface area contributed by atoms with Crippen molar-refractivity contribution in [2.75, 3.05) is 13.1 Å². The van der Waals surface area contributed by atoms with Crippen molar-refractivity contribution in [1.29, 1.82) is 0 Å². The molecule has 0 N–H and O–H groups in total. The Bertz CT molecular complexity index is 470. The molecule has 3 aliphatic rings. The van der Waals surface area contributed by atoms with E-state index in [1.54, 1.807) is 5.56 Å². The van der Waals surface area contributed by atoms with Gasteiger partial charge in [0.05, 0.1) is 0 Å². The zero-order valence-corrected chi connectivity index (χ0v) is 13.4. The Kier molecular flexibility index (Phi) is 3.57. The van der Waals surface area contributed by atoms with Crippen molar-refractivity contribution >= 4 is 0 Å². The first-order valence-electron chi connectivity index (χ1n) is 9.04. The molecular weight excluding hydrogens is 254 g/mol. The van der Waals surface area contributed by atoms with Crippen LogP contribution >= 0.6 is 0 Å². The molecule has 1 heterocycles. The number of rotatable bonds is 3. The van der Waals surface area contributed by atoms with Crippen molar-refractivity contribution in [1.82, 2.24) is 4.90 Å². The van der Waals surface area contributed by atoms with E-state index >= 15 is 0 Å². The molecule has 3 fully saturated rings. The van der Waals surface area contributed by atoms with Crippen LogP contribution < -0.4 is 0 Å². The Labute approximate surface area is 129 Å². The lowest BCUT2D eigenvalue weighted by Gasteiger charge is -2.37. The van der Waals surface area contributed by atoms with E-state index in [-0.39, 0.29) is 0 Å². The largest absolute Gasteiger partial charge is 0.300 e. The van der Waals surface area contributed by atoms with Crippen molar-refractivity contribution in [2.24, 2.45) is 11.3 Å². The molecule has 0 bridgehead atoms. The highest BCUT2D eigenvalue weighted by molar-refractivity contribution is 5.20. The fourth-order valence-electron chi connectivity index (χ4n) is 5.02. The predicted molar refractivity (Wildman–Crippen MR) is 88.5 cm³/mol. The van der Waals surface area contributed by atoms with Gasteiger partial charge in [-0.3, -0.25) is 0 Å². The smallest absolute Gasteiger partial charge is 0.0101 e. The molecule has 0 aromatic heterocycles. The van der Waals surface area contributed by atoms with E-state index in [4.69, 9.17) is 0 Å². The fourth-order valence-corrected chi connectivity index (χ4v) is 5.02. The Morgan fingerprint density at radius 2 is 1.67 bits per heavy atom. The predicted octanol–water partition coefficient (Wildman–Crippen LogP) is 4.83. The molecule has 1 saturated heterocycles. The molecule has 2 unspecified atom stereocenters. The second kappa shape index (κ2) is 5.43. The molecule has 1 nitrogen and oxygen atoms in total. The molecule has 4 rings (SSSR count). The Morgan fingerprint density at radius 3 is 2.33 bits per heavy atom. The van der Waals surface area contributed by atoms with Crippen molar-refractivity contribution in [2.45, 2.75) is 63.8 Å². The third-order valence-electron chi connectivity index (χ3n) is 6.63. The van der Waals surface area contributed by atoms with Crippen LogP contribution in [0.2, 0.25) is 0 Å². The summed E-state index contributed by atoms with van der Waals surface area (Å²) in [6.07, 6.45) is 10.2. The standard InChI is InChI=1S/C20H29N/c1-20(18-7-8-18)12-9-19(15-20)21-13-10-17(11-14-21)16-5-3-2-4-6-16/h2-6,17-19H,7-15H2,1H3. The molecule has 2 aliphatic carbocycles. The van der Waals surface area contributed by atoms with Gasteiger partial charge in [0.15, 0.2) is 0 Å². The van der Waals surface area contributed by atoms with Crippen LogP contribution in [0.3, 0.4) is 0 Å². The van der Waals surface area contributed by atoms with Crippen LogP contribution in [-0.4, -0.2) is 24.0 Å². The van der Waals surface area contributed by atoms with Crippen LogP contribution in [0, 0.1) is 11.3 Å². The summed E-state index contributed by atoms with van der Waals surface area (Å²) in [5, 5.41) is 0. The summed E-state index contributed by atoms with van der Waals surface area (Å²) in [5.74, 6) is 1.88. The molecule has 1 heteroatoms. The maximum absolute atomic E-state index is 2.83. The third kappa shape index (κ3) is 2.77. The summed E-state index contributed by atoms with van der Waals surface area (Å²) in [6, 6.07) is 12.1. The molecule has 0 radical (unpaired) electrons. The Balaban J connectivity index is 1.33. The maximum Gasteiger partial charge on any atom is 0.0101 e. The minimum atomic E-state index is 0.695. The summed E-state index contributed by atoms with van der Waals surface area (Å²) in [5.41, 5.74) is 2.26. The molecule has 1 aromatic carbocycles. The lowest BCUT2D eigenvalue weighted by molar-refractivity contribution is 0.139. The van der Waals surface area contributed by atoms with Crippen molar-refractivity contribution in [3.63, 3.8) is 0 Å². The average Bonchev–Trinajstić information content (AvgIpc) is 3.33. The molecule has 114 valence electrons. The van der Waals surface area contributed by atoms with Crippen LogP contribution in [0.5, 0.6) is 0 Å². The van der Waals surface area contributed by atoms with Crippen molar-refractivity contribution in [3.8, 4) is 0 Å². The average molecular weight is 283 g/mol. The summed E-state index contributed by atoms with van der Waals surface area (Å²) in [6.45, 7) is 5.22. The van der Waals surface area contributed by atoms with Gasteiger partial charge in [0, 0.05) is 6.04 Å². The first kappa shape index (κ1) is 13.8. The zero-order chi connectivity index (χ0) is 14.3. The van der Waals surface area contributed by atoms with E-state index in [1.165, 1.54) is 58.0 Å². The van der Waals surface area contributed by atoms with E-state index in [0.29, 0.717) is 5.41 Å². The summed E-state index contributed by atoms with van der Waals surface area (Å²) in [4.78, 5) is 2.83. The quantitative estimate of drug-likeness (QED) is 0.767. The van der Waals surface area contributed by atoms with Gasteiger partial charge in [-0.15, -0.1) is 0 Å². The van der Waals surface area contributed by atoms with Crippen LogP contribution in [-0.2, 0) is 0 Å². The van der Waals surface area contributed by atoms with Gasteiger partial charge >= 0.3 is 0 Å². The number of benzene rings is 1. The lowest BCUT2D eigenvalue weighted by atomic mass is 9.83. The molecule has 0 amide bonds. The monoisotopic (exact) mass is 283 g/mol. The van der Waals surface area contributed by atoms with Gasteiger partial charge in [-0.25, -0.2) is 0 Å². The third-order valence-corrected chi connectivity index (χ3v) is 6.63. The van der Waals surface area contributed by atoms with Crippen LogP contribution in [0.25, 0.3) is 0 Å². The maximum atomic E-state index is 2.83. The molecule has 2 atom stereocenters. The molecule has 0 spiro atoms. The van der Waals surface area contributed by atoms with Gasteiger partial charge in [-0.05, 0) is 80.8 Å². The van der Waals surface area contributed by atoms with E-state index in [1.807, 2.05) is 0 Å². The van der Waals surface area contributed by atoms with Gasteiger partial charge < -0.3 is 4.90 Å². The van der Waals surface area contributed by atoms with E-state index in [0.717, 1.165) is 17.9 Å². The molecular formula is C20H29N. The normalized spacial score (nSPS) is 35.2. The van der Waals surface area contributed by atoms with Gasteiger partial charge in [-0.1, -0.05) is 37.3 Å². The van der Waals surface area contributed by atoms with E-state index in [9.17, 15) is 0 Å². The highest BCUT2D eigenvalue weighted by atomic mass is 15.2. The highest BCUT2D eigenvalue weighted by Crippen LogP contribution is 2.55. The fraction of sp³-hybridized carbons (Fsp3) is 0.700. The first-order chi connectivity index (χ1) is 10.2. The highest BCUT2D eigenvalue weighted by Gasteiger charge is 2.47. The summed E-state index contributed by atoms with van der Waals surface area (Å²) in [7, 11) is 0. The SMILES string of the molecule is CC1(C2CC2)CCC(N2CCC(c3ccccc3)CC2)C1. The minimum Gasteiger partial charge on any atom is -0.300 e. The first-order valence-corrected chi connectivity index (χ1v) is 9.04. The molecule has 2 saturated carbocycles. The summed E-state index contributed by atoms with van der Waals surface area (Å²) < 4.78 is 0. The van der Waals surface area contributed by atoms with Crippen LogP contribution in [0.4, 0.5) is 0 Å². The number of nitrogens with zero attached hydrogens (tertiary/aromatic N) is 1. The van der Waals surface area contributed by atoms with Crippen LogP contribution in [0.1, 0.15) is 63.4 Å². The van der Waals surface area contributed by atoms with Gasteiger partial charge in [-0.2, -0.15) is 0 Å². The topological polar surface area (TPSA) is 3.24 Å². The van der Waals surface area contributed by atoms with Gasteiger partial charge in [0.2, 0.25) is 0 Å². The molecule has 1 aliphatic heterocycles. The minimum absolute atomic E-state index is 0.695. The zero-order valence-electron chi connectivity index (χ0n) is 13.4. The second-order valence-electron chi connectivity index (χ2n) is 8.05. The second-order valence-corrected chi connectivity index (χ2v) is 8.05. The van der Waals surface area contributed by atoms with Gasteiger partial charge in [0.25, 0.3) is 0 Å². The van der Waals surface area contributed by atoms with E-state index < -0.39 is 0 Å². The molecule has 21 heavy (non-hydrogen) atoms. The Morgan fingerprint density at radius 1 is 0.952 bits per heavy atom. The van der Waals surface area contributed by atoms with Crippen LogP contribution in [0.15, 0.2) is 30.3 Å². The van der Waals surface area contributed by atoms with Crippen molar-refractivity contribution in [3.05, 3.63) is 35.9 Å². The van der Waals surface area contributed by atoms with E-state index in [2.05, 4.69) is 42.2 Å². The van der Waals surface area contributed by atoms with Crippen molar-refractivity contribution < 1.29 is 0 Å². The lowest BCUT2D eigenvalue weighted by Crippen LogP contribution is -2.40. The summed E-state index contributed by atoms with van der Waals surface area (Å²) >= 11 is 0. The van der Waals surface area contributed by atoms with Gasteiger partial charge in [0.1, 0.15) is 0 Å².